The fourth-order valence-electron chi connectivity index (χ4n) is 3.13. The molecule has 0 aromatic heterocycles. The third kappa shape index (κ3) is 2.22. The average Bonchev–Trinajstić information content (AvgIpc) is 2.49. The molecular weight excluding hydrogens is 292 g/mol. The molecule has 1 aliphatic rings. The summed E-state index contributed by atoms with van der Waals surface area (Å²) >= 11 is 0. The Morgan fingerprint density at radius 2 is 1.78 bits per heavy atom. The van der Waals surface area contributed by atoms with Gasteiger partial charge in [-0.3, -0.25) is 9.59 Å². The minimum absolute atomic E-state index is 0.0514. The van der Waals surface area contributed by atoms with Gasteiger partial charge in [-0.05, 0) is 48.2 Å². The van der Waals surface area contributed by atoms with Crippen LogP contribution >= 0.6 is 0 Å². The summed E-state index contributed by atoms with van der Waals surface area (Å²) in [7, 11) is 1.54. The maximum atomic E-state index is 12.7. The van der Waals surface area contributed by atoms with Crippen molar-refractivity contribution in [3.05, 3.63) is 40.5 Å². The summed E-state index contributed by atoms with van der Waals surface area (Å²) in [5.74, 6) is -0.365. The van der Waals surface area contributed by atoms with Crippen molar-refractivity contribution >= 4 is 28.4 Å². The average molecular weight is 310 g/mol. The summed E-state index contributed by atoms with van der Waals surface area (Å²) in [6.45, 7) is 5.58. The maximum Gasteiger partial charge on any atom is 0.234 e. The molecule has 0 spiro atoms. The number of aromatic hydroxyl groups is 1. The molecule has 2 aromatic carbocycles. The van der Waals surface area contributed by atoms with E-state index in [1.807, 2.05) is 20.8 Å². The van der Waals surface area contributed by atoms with Crippen molar-refractivity contribution in [2.45, 2.75) is 20.8 Å². The number of phenolic OH excluding ortho intramolecular Hbond substituents is 1. The molecule has 1 N–H and O–H groups in total. The number of allylic oxidation sites excluding steroid dienone is 1. The number of ether oxygens (including phenoxy) is 1. The van der Waals surface area contributed by atoms with Crippen molar-refractivity contribution < 1.29 is 19.4 Å². The number of carbonyl (C=O) groups excluding carboxylic acids is 2. The van der Waals surface area contributed by atoms with Crippen LogP contribution in [0, 0.1) is 12.8 Å². The molecule has 0 saturated carbocycles. The second-order valence-corrected chi connectivity index (χ2v) is 6.14. The van der Waals surface area contributed by atoms with Gasteiger partial charge in [-0.25, -0.2) is 0 Å². The summed E-state index contributed by atoms with van der Waals surface area (Å²) in [5.41, 5.74) is 2.18. The van der Waals surface area contributed by atoms with Crippen molar-refractivity contribution in [2.24, 2.45) is 5.92 Å². The van der Waals surface area contributed by atoms with E-state index in [1.165, 1.54) is 0 Å². The molecule has 0 radical (unpaired) electrons. The van der Waals surface area contributed by atoms with E-state index in [4.69, 9.17) is 4.74 Å². The van der Waals surface area contributed by atoms with E-state index in [-0.39, 0.29) is 11.7 Å². The van der Waals surface area contributed by atoms with Crippen LogP contribution in [0.5, 0.6) is 11.5 Å². The molecule has 0 amide bonds. The molecule has 0 atom stereocenters. The van der Waals surface area contributed by atoms with Crippen LogP contribution in [0.1, 0.15) is 35.3 Å². The smallest absolute Gasteiger partial charge is 0.234 e. The highest BCUT2D eigenvalue weighted by molar-refractivity contribution is 6.53. The number of ketones is 2. The first-order chi connectivity index (χ1) is 10.8. The van der Waals surface area contributed by atoms with E-state index in [0.717, 1.165) is 5.56 Å². The van der Waals surface area contributed by atoms with Crippen LogP contribution in [-0.2, 0) is 4.79 Å². The van der Waals surface area contributed by atoms with Gasteiger partial charge in [-0.15, -0.1) is 0 Å². The number of hydrogen-bond acceptors (Lipinski definition) is 4. The molecule has 23 heavy (non-hydrogen) atoms. The lowest BCUT2D eigenvalue weighted by Gasteiger charge is -2.20. The zero-order valence-corrected chi connectivity index (χ0v) is 13.6. The SMILES string of the molecule is COc1cc(C)c2c(O)cc3c(c2c1)C(=O)C(=O)C(C(C)C)=C3. The molecule has 4 heteroatoms. The molecule has 0 fully saturated rings. The van der Waals surface area contributed by atoms with Gasteiger partial charge in [0.25, 0.3) is 0 Å². The first-order valence-corrected chi connectivity index (χ1v) is 7.50. The number of benzene rings is 2. The monoisotopic (exact) mass is 310 g/mol. The minimum Gasteiger partial charge on any atom is -0.507 e. The highest BCUT2D eigenvalue weighted by Gasteiger charge is 2.31. The minimum atomic E-state index is -0.524. The van der Waals surface area contributed by atoms with Gasteiger partial charge in [0.1, 0.15) is 11.5 Å². The summed E-state index contributed by atoms with van der Waals surface area (Å²) < 4.78 is 5.26. The third-order valence-electron chi connectivity index (χ3n) is 4.28. The molecule has 0 unspecified atom stereocenters. The van der Waals surface area contributed by atoms with Crippen molar-refractivity contribution in [2.75, 3.05) is 7.11 Å². The first-order valence-electron chi connectivity index (χ1n) is 7.50. The predicted molar refractivity (Wildman–Crippen MR) is 89.1 cm³/mol. The van der Waals surface area contributed by atoms with E-state index < -0.39 is 11.6 Å². The lowest BCUT2D eigenvalue weighted by Crippen LogP contribution is -2.24. The van der Waals surface area contributed by atoms with Crippen molar-refractivity contribution in [3.8, 4) is 11.5 Å². The number of aryl methyl sites for hydroxylation is 1. The van der Waals surface area contributed by atoms with Crippen LogP contribution < -0.4 is 4.74 Å². The van der Waals surface area contributed by atoms with Gasteiger partial charge in [0.2, 0.25) is 11.6 Å². The number of rotatable bonds is 2. The van der Waals surface area contributed by atoms with Gasteiger partial charge in [-0.2, -0.15) is 0 Å². The molecule has 0 heterocycles. The Hall–Kier alpha value is -2.62. The van der Waals surface area contributed by atoms with Gasteiger partial charge in [-0.1, -0.05) is 13.8 Å². The van der Waals surface area contributed by atoms with Crippen LogP contribution in [0.4, 0.5) is 0 Å². The van der Waals surface area contributed by atoms with Crippen LogP contribution in [0.25, 0.3) is 16.8 Å². The molecule has 0 bridgehead atoms. The van der Waals surface area contributed by atoms with E-state index in [1.54, 1.807) is 31.4 Å². The number of fused-ring (bicyclic) bond motifs is 3. The normalized spacial score (nSPS) is 14.2. The lowest BCUT2D eigenvalue weighted by atomic mass is 9.82. The predicted octanol–water partition coefficient (Wildman–Crippen LogP) is 3.67. The quantitative estimate of drug-likeness (QED) is 0.860. The Labute approximate surface area is 134 Å². The lowest BCUT2D eigenvalue weighted by molar-refractivity contribution is -0.112. The zero-order valence-electron chi connectivity index (χ0n) is 13.6. The van der Waals surface area contributed by atoms with Crippen LogP contribution in [0.15, 0.2) is 23.8 Å². The molecule has 118 valence electrons. The third-order valence-corrected chi connectivity index (χ3v) is 4.28. The van der Waals surface area contributed by atoms with Crippen LogP contribution in [0.2, 0.25) is 0 Å². The zero-order chi connectivity index (χ0) is 16.9. The van der Waals surface area contributed by atoms with Crippen LogP contribution in [-0.4, -0.2) is 23.8 Å². The van der Waals surface area contributed by atoms with Crippen LogP contribution in [0.3, 0.4) is 0 Å². The number of methoxy groups -OCH3 is 1. The maximum absolute atomic E-state index is 12.7. The van der Waals surface area contributed by atoms with Crippen molar-refractivity contribution in [1.29, 1.82) is 0 Å². The molecule has 1 aliphatic carbocycles. The van der Waals surface area contributed by atoms with Crippen molar-refractivity contribution in [1.82, 2.24) is 0 Å². The number of hydrogen-bond donors (Lipinski definition) is 1. The topological polar surface area (TPSA) is 63.6 Å². The van der Waals surface area contributed by atoms with E-state index in [0.29, 0.717) is 33.2 Å². The number of phenols is 1. The summed E-state index contributed by atoms with van der Waals surface area (Å²) in [6, 6.07) is 5.04. The fraction of sp³-hybridized carbons (Fsp3) is 0.263. The molecule has 0 saturated heterocycles. The van der Waals surface area contributed by atoms with Gasteiger partial charge in [0.15, 0.2) is 0 Å². The standard InChI is InChI=1S/C19H18O4/c1-9(2)13-6-11-7-15(20)16-10(3)5-12(23-4)8-14(16)17(11)19(22)18(13)21/h5-9,20H,1-4H3. The molecule has 4 nitrogen and oxygen atoms in total. The second-order valence-electron chi connectivity index (χ2n) is 6.14. The first kappa shape index (κ1) is 15.3. The second kappa shape index (κ2) is 5.23. The molecular formula is C19H18O4. The fourth-order valence-corrected chi connectivity index (χ4v) is 3.13. The van der Waals surface area contributed by atoms with Gasteiger partial charge >= 0.3 is 0 Å². The Morgan fingerprint density at radius 1 is 1.09 bits per heavy atom. The summed E-state index contributed by atoms with van der Waals surface area (Å²) in [4.78, 5) is 25.0. The van der Waals surface area contributed by atoms with E-state index >= 15 is 0 Å². The number of carbonyl (C=O) groups is 2. The Balaban J connectivity index is 2.45. The Kier molecular flexibility index (Phi) is 3.48. The number of Topliss-reactive ketones (excluding diaryl/α,β-unsaturated/α-hetero) is 2. The van der Waals surface area contributed by atoms with Gasteiger partial charge in [0, 0.05) is 21.9 Å². The van der Waals surface area contributed by atoms with Gasteiger partial charge < -0.3 is 9.84 Å². The summed E-state index contributed by atoms with van der Waals surface area (Å²) in [5, 5.41) is 11.5. The largest absolute Gasteiger partial charge is 0.507 e. The Morgan fingerprint density at radius 3 is 2.39 bits per heavy atom. The molecule has 0 aliphatic heterocycles. The highest BCUT2D eigenvalue weighted by Crippen LogP contribution is 2.39. The Bertz CT molecular complexity index is 888. The van der Waals surface area contributed by atoms with Gasteiger partial charge in [0.05, 0.1) is 7.11 Å². The summed E-state index contributed by atoms with van der Waals surface area (Å²) in [6.07, 6.45) is 1.71. The molecule has 3 rings (SSSR count). The van der Waals surface area contributed by atoms with Crippen molar-refractivity contribution in [3.63, 3.8) is 0 Å². The van der Waals surface area contributed by atoms with E-state index in [9.17, 15) is 14.7 Å². The van der Waals surface area contributed by atoms with E-state index in [2.05, 4.69) is 0 Å². The highest BCUT2D eigenvalue weighted by atomic mass is 16.5. The molecule has 2 aromatic rings.